The van der Waals surface area contributed by atoms with Crippen LogP contribution in [0.1, 0.15) is 12.5 Å². The Morgan fingerprint density at radius 3 is 2.50 bits per heavy atom. The normalized spacial score (nSPS) is 11.0. The van der Waals surface area contributed by atoms with Crippen molar-refractivity contribution in [3.05, 3.63) is 59.1 Å². The summed E-state index contributed by atoms with van der Waals surface area (Å²) < 4.78 is 43.2. The van der Waals surface area contributed by atoms with Crippen LogP contribution in [0.15, 0.2) is 48.5 Å². The van der Waals surface area contributed by atoms with E-state index in [1.54, 1.807) is 42.5 Å². The molecular formula is C19H18ClF3N2O3. The maximum absolute atomic E-state index is 12.6. The van der Waals surface area contributed by atoms with E-state index < -0.39 is 18.0 Å². The summed E-state index contributed by atoms with van der Waals surface area (Å²) >= 11 is 5.83. The summed E-state index contributed by atoms with van der Waals surface area (Å²) in [4.78, 5) is 24.1. The molecule has 0 heterocycles. The number of nitrogens with one attached hydrogen (secondary N) is 1. The fraction of sp³-hybridized carbons (Fsp3) is 0.263. The van der Waals surface area contributed by atoms with E-state index in [1.165, 1.54) is 13.0 Å². The first-order chi connectivity index (χ1) is 13.2. The molecule has 0 radical (unpaired) electrons. The first kappa shape index (κ1) is 21.6. The van der Waals surface area contributed by atoms with Crippen molar-refractivity contribution in [2.75, 3.05) is 18.5 Å². The van der Waals surface area contributed by atoms with Crippen molar-refractivity contribution in [3.8, 4) is 5.75 Å². The topological polar surface area (TPSA) is 58.6 Å². The third-order valence-corrected chi connectivity index (χ3v) is 3.90. The summed E-state index contributed by atoms with van der Waals surface area (Å²) in [6.07, 6.45) is -4.93. The number of rotatable bonds is 7. The quantitative estimate of drug-likeness (QED) is 0.736. The van der Waals surface area contributed by atoms with Crippen molar-refractivity contribution in [1.82, 2.24) is 4.90 Å². The van der Waals surface area contributed by atoms with Crippen LogP contribution in [-0.4, -0.2) is 36.0 Å². The number of anilines is 1. The van der Waals surface area contributed by atoms with Crippen molar-refractivity contribution >= 4 is 29.1 Å². The number of hydrogen-bond acceptors (Lipinski definition) is 3. The smallest absolute Gasteiger partial charge is 0.471 e. The largest absolute Gasteiger partial charge is 0.484 e. The molecule has 0 bridgehead atoms. The highest BCUT2D eigenvalue weighted by molar-refractivity contribution is 6.30. The van der Waals surface area contributed by atoms with Gasteiger partial charge in [-0.25, -0.2) is 0 Å². The van der Waals surface area contributed by atoms with Crippen molar-refractivity contribution in [3.63, 3.8) is 0 Å². The van der Waals surface area contributed by atoms with E-state index in [9.17, 15) is 22.8 Å². The summed E-state index contributed by atoms with van der Waals surface area (Å²) in [5.74, 6) is -1.92. The molecule has 0 aliphatic heterocycles. The van der Waals surface area contributed by atoms with Crippen LogP contribution in [0.2, 0.25) is 5.02 Å². The van der Waals surface area contributed by atoms with Crippen LogP contribution in [0, 0.1) is 0 Å². The Hall–Kier alpha value is -2.74. The number of carbonyl (C=O) groups is 2. The van der Waals surface area contributed by atoms with Crippen LogP contribution >= 0.6 is 11.6 Å². The maximum atomic E-state index is 12.6. The van der Waals surface area contributed by atoms with Gasteiger partial charge in [-0.3, -0.25) is 9.59 Å². The van der Waals surface area contributed by atoms with Crippen LogP contribution in [0.3, 0.4) is 0 Å². The molecule has 9 heteroatoms. The van der Waals surface area contributed by atoms with Crippen LogP contribution in [-0.2, 0) is 16.1 Å². The van der Waals surface area contributed by atoms with E-state index >= 15 is 0 Å². The molecule has 0 aliphatic rings. The third-order valence-electron chi connectivity index (χ3n) is 3.66. The molecule has 0 aliphatic carbocycles. The van der Waals surface area contributed by atoms with Crippen molar-refractivity contribution in [1.29, 1.82) is 0 Å². The van der Waals surface area contributed by atoms with E-state index in [0.717, 1.165) is 0 Å². The van der Waals surface area contributed by atoms with E-state index in [4.69, 9.17) is 16.3 Å². The number of halogens is 4. The molecular weight excluding hydrogens is 397 g/mol. The lowest BCUT2D eigenvalue weighted by molar-refractivity contribution is -0.185. The predicted molar refractivity (Wildman–Crippen MR) is 99.2 cm³/mol. The van der Waals surface area contributed by atoms with Gasteiger partial charge < -0.3 is 15.0 Å². The second-order valence-corrected chi connectivity index (χ2v) is 6.25. The third kappa shape index (κ3) is 6.45. The molecule has 150 valence electrons. The predicted octanol–water partition coefficient (Wildman–Crippen LogP) is 4.27. The minimum atomic E-state index is -4.93. The highest BCUT2D eigenvalue weighted by Crippen LogP contribution is 2.21. The van der Waals surface area contributed by atoms with Crippen molar-refractivity contribution in [2.24, 2.45) is 0 Å². The van der Waals surface area contributed by atoms with Crippen molar-refractivity contribution < 1.29 is 27.5 Å². The van der Waals surface area contributed by atoms with Gasteiger partial charge in [-0.1, -0.05) is 29.8 Å². The zero-order valence-electron chi connectivity index (χ0n) is 14.9. The van der Waals surface area contributed by atoms with Crippen LogP contribution in [0.25, 0.3) is 0 Å². The molecule has 1 N–H and O–H groups in total. The van der Waals surface area contributed by atoms with Gasteiger partial charge in [0.1, 0.15) is 5.75 Å². The molecule has 2 aromatic carbocycles. The lowest BCUT2D eigenvalue weighted by Crippen LogP contribution is -2.40. The highest BCUT2D eigenvalue weighted by atomic mass is 35.5. The Bertz CT molecular complexity index is 843. The summed E-state index contributed by atoms with van der Waals surface area (Å²) in [6, 6.07) is 12.8. The first-order valence-electron chi connectivity index (χ1n) is 8.32. The molecule has 5 nitrogen and oxygen atoms in total. The molecule has 0 aromatic heterocycles. The Kier molecular flexibility index (Phi) is 7.28. The van der Waals surface area contributed by atoms with Gasteiger partial charge in [-0.2, -0.15) is 13.2 Å². The molecule has 0 unspecified atom stereocenters. The van der Waals surface area contributed by atoms with Gasteiger partial charge in [0.15, 0.2) is 6.61 Å². The van der Waals surface area contributed by atoms with Crippen LogP contribution in [0.5, 0.6) is 5.75 Å². The molecule has 0 saturated carbocycles. The maximum Gasteiger partial charge on any atom is 0.471 e. The Morgan fingerprint density at radius 1 is 1.14 bits per heavy atom. The van der Waals surface area contributed by atoms with Gasteiger partial charge in [0.25, 0.3) is 5.91 Å². The summed E-state index contributed by atoms with van der Waals surface area (Å²) in [5, 5.41) is 3.07. The van der Waals surface area contributed by atoms with Crippen LogP contribution < -0.4 is 10.1 Å². The number of amides is 2. The van der Waals surface area contributed by atoms with Crippen LogP contribution in [0.4, 0.5) is 18.9 Å². The van der Waals surface area contributed by atoms with E-state index in [0.29, 0.717) is 26.9 Å². The molecule has 0 fully saturated rings. The fourth-order valence-corrected chi connectivity index (χ4v) is 2.56. The SMILES string of the molecule is CCN(Cc1cccc(NC(=O)COc2cccc(Cl)c2)c1)C(=O)C(F)(F)F. The minimum absolute atomic E-state index is 0.0948. The molecule has 2 amide bonds. The number of nitrogens with zero attached hydrogens (tertiary/aromatic N) is 1. The van der Waals surface area contributed by atoms with Gasteiger partial charge in [0.05, 0.1) is 0 Å². The number of alkyl halides is 3. The van der Waals surface area contributed by atoms with Gasteiger partial charge in [-0.15, -0.1) is 0 Å². The van der Waals surface area contributed by atoms with E-state index in [2.05, 4.69) is 5.32 Å². The average Bonchev–Trinajstić information content (AvgIpc) is 2.63. The number of benzene rings is 2. The van der Waals surface area contributed by atoms with Gasteiger partial charge in [0, 0.05) is 23.8 Å². The zero-order chi connectivity index (χ0) is 20.7. The number of carbonyl (C=O) groups excluding carboxylic acids is 2. The molecule has 28 heavy (non-hydrogen) atoms. The lowest BCUT2D eigenvalue weighted by atomic mass is 10.2. The second kappa shape index (κ2) is 9.45. The lowest BCUT2D eigenvalue weighted by Gasteiger charge is -2.22. The molecule has 0 spiro atoms. The van der Waals surface area contributed by atoms with Gasteiger partial charge >= 0.3 is 12.1 Å². The summed E-state index contributed by atoms with van der Waals surface area (Å²) in [7, 11) is 0. The molecule has 0 atom stereocenters. The second-order valence-electron chi connectivity index (χ2n) is 5.81. The van der Waals surface area contributed by atoms with Gasteiger partial charge in [-0.05, 0) is 42.8 Å². The standard InChI is InChI=1S/C19H18ClF3N2O3/c1-2-25(18(27)19(21,22)23)11-13-5-3-7-15(9-13)24-17(26)12-28-16-8-4-6-14(20)10-16/h3-10H,2,11-12H2,1H3,(H,24,26). The van der Waals surface area contributed by atoms with Crippen molar-refractivity contribution in [2.45, 2.75) is 19.6 Å². The molecule has 2 rings (SSSR count). The number of hydrogen-bond donors (Lipinski definition) is 1. The average molecular weight is 415 g/mol. The fourth-order valence-electron chi connectivity index (χ4n) is 2.38. The van der Waals surface area contributed by atoms with E-state index in [1.807, 2.05) is 0 Å². The summed E-state index contributed by atoms with van der Waals surface area (Å²) in [5.41, 5.74) is 0.834. The zero-order valence-corrected chi connectivity index (χ0v) is 15.7. The molecule has 2 aromatic rings. The monoisotopic (exact) mass is 414 g/mol. The molecule has 0 saturated heterocycles. The Morgan fingerprint density at radius 2 is 1.86 bits per heavy atom. The van der Waals surface area contributed by atoms with Gasteiger partial charge in [0.2, 0.25) is 0 Å². The summed E-state index contributed by atoms with van der Waals surface area (Å²) in [6.45, 7) is 0.876. The van der Waals surface area contributed by atoms with E-state index in [-0.39, 0.29) is 19.7 Å². The first-order valence-corrected chi connectivity index (χ1v) is 8.70. The Balaban J connectivity index is 1.96. The Labute approximate surface area is 165 Å². The minimum Gasteiger partial charge on any atom is -0.484 e. The highest BCUT2D eigenvalue weighted by Gasteiger charge is 2.41. The number of ether oxygens (including phenoxy) is 1.